The van der Waals surface area contributed by atoms with Crippen molar-refractivity contribution >= 4 is 12.5 Å². The zero-order chi connectivity index (χ0) is 7.68. The summed E-state index contributed by atoms with van der Waals surface area (Å²) in [6, 6.07) is 0.195. The minimum Gasteiger partial charge on any atom is -0.302 e. The molecule has 1 aliphatic heterocycles. The van der Waals surface area contributed by atoms with Crippen molar-refractivity contribution in [3.8, 4) is 0 Å². The van der Waals surface area contributed by atoms with E-state index >= 15 is 0 Å². The van der Waals surface area contributed by atoms with E-state index in [0.717, 1.165) is 11.9 Å². The van der Waals surface area contributed by atoms with Gasteiger partial charge in [-0.1, -0.05) is 12.2 Å². The summed E-state index contributed by atoms with van der Waals surface area (Å²) in [6.07, 6.45) is 8.40. The summed E-state index contributed by atoms with van der Waals surface area (Å²) in [5.41, 5.74) is 3.63. The fourth-order valence-corrected chi connectivity index (χ4v) is 1.28. The molecule has 0 bridgehead atoms. The Morgan fingerprint density at radius 2 is 2.55 bits per heavy atom. The van der Waals surface area contributed by atoms with Gasteiger partial charge in [0.2, 0.25) is 0 Å². The van der Waals surface area contributed by atoms with Gasteiger partial charge in [0, 0.05) is 17.7 Å². The molecule has 56 valence electrons. The molecule has 0 saturated heterocycles. The molecule has 1 aliphatic carbocycles. The maximum atomic E-state index is 10.4. The van der Waals surface area contributed by atoms with Crippen molar-refractivity contribution in [2.24, 2.45) is 11.0 Å². The zero-order valence-electron chi connectivity index (χ0n) is 5.90. The molecule has 0 saturated carbocycles. The van der Waals surface area contributed by atoms with Crippen molar-refractivity contribution < 1.29 is 4.79 Å². The Bertz CT molecular complexity index is 265. The Kier molecular flexibility index (Phi) is 1.35. The van der Waals surface area contributed by atoms with Gasteiger partial charge in [0.05, 0.1) is 6.04 Å². The van der Waals surface area contributed by atoms with Crippen molar-refractivity contribution in [3.05, 3.63) is 23.8 Å². The Labute approximate surface area is 64.5 Å². The van der Waals surface area contributed by atoms with Crippen LogP contribution in [0.3, 0.4) is 0 Å². The van der Waals surface area contributed by atoms with Crippen molar-refractivity contribution in [3.63, 3.8) is 0 Å². The quantitative estimate of drug-likeness (QED) is 0.542. The first-order chi connectivity index (χ1) is 5.40. The van der Waals surface area contributed by atoms with Gasteiger partial charge in [-0.2, -0.15) is 5.10 Å². The second kappa shape index (κ2) is 2.34. The lowest BCUT2D eigenvalue weighted by Gasteiger charge is -2.14. The van der Waals surface area contributed by atoms with E-state index < -0.39 is 0 Å². The van der Waals surface area contributed by atoms with Crippen LogP contribution in [0.25, 0.3) is 0 Å². The van der Waals surface area contributed by atoms with Crippen molar-refractivity contribution in [1.29, 1.82) is 0 Å². The van der Waals surface area contributed by atoms with Crippen molar-refractivity contribution in [2.45, 2.75) is 6.04 Å². The summed E-state index contributed by atoms with van der Waals surface area (Å²) in [7, 11) is 0. The maximum Gasteiger partial charge on any atom is 0.149 e. The van der Waals surface area contributed by atoms with Crippen LogP contribution < -0.4 is 5.43 Å². The largest absolute Gasteiger partial charge is 0.302 e. The Hall–Kier alpha value is -1.38. The summed E-state index contributed by atoms with van der Waals surface area (Å²) in [4.78, 5) is 10.4. The molecule has 0 radical (unpaired) electrons. The summed E-state index contributed by atoms with van der Waals surface area (Å²) in [5.74, 6) is 0.332. The molecule has 2 rings (SSSR count). The van der Waals surface area contributed by atoms with Crippen LogP contribution >= 0.6 is 0 Å². The van der Waals surface area contributed by atoms with Gasteiger partial charge in [-0.3, -0.25) is 4.79 Å². The number of carbonyl (C=O) groups is 1. The molecule has 0 spiro atoms. The first-order valence-electron chi connectivity index (χ1n) is 3.54. The van der Waals surface area contributed by atoms with Gasteiger partial charge < -0.3 is 5.43 Å². The number of carbonyl (C=O) groups excluding carboxylic acids is 1. The SMILES string of the molecule is O=CC1=CC2NN=CC2C=C1. The van der Waals surface area contributed by atoms with Crippen LogP contribution in [0.2, 0.25) is 0 Å². The lowest BCUT2D eigenvalue weighted by Crippen LogP contribution is -2.26. The van der Waals surface area contributed by atoms with Gasteiger partial charge in [-0.25, -0.2) is 0 Å². The third kappa shape index (κ3) is 0.981. The number of fused-ring (bicyclic) bond motifs is 1. The Balaban J connectivity index is 2.24. The zero-order valence-corrected chi connectivity index (χ0v) is 5.90. The Morgan fingerprint density at radius 1 is 1.64 bits per heavy atom. The molecule has 0 aromatic carbocycles. The molecule has 1 N–H and O–H groups in total. The number of rotatable bonds is 1. The van der Waals surface area contributed by atoms with Gasteiger partial charge in [0.25, 0.3) is 0 Å². The highest BCUT2D eigenvalue weighted by Crippen LogP contribution is 2.17. The van der Waals surface area contributed by atoms with Crippen molar-refractivity contribution in [1.82, 2.24) is 5.43 Å². The summed E-state index contributed by atoms with van der Waals surface area (Å²) >= 11 is 0. The summed E-state index contributed by atoms with van der Waals surface area (Å²) in [6.45, 7) is 0. The van der Waals surface area contributed by atoms with E-state index in [1.807, 2.05) is 24.4 Å². The molecule has 2 unspecified atom stereocenters. The average molecular weight is 148 g/mol. The molecule has 0 fully saturated rings. The topological polar surface area (TPSA) is 41.5 Å². The molecular weight excluding hydrogens is 140 g/mol. The second-order valence-electron chi connectivity index (χ2n) is 2.65. The second-order valence-corrected chi connectivity index (χ2v) is 2.65. The molecule has 2 atom stereocenters. The van der Waals surface area contributed by atoms with Crippen LogP contribution in [-0.2, 0) is 4.79 Å². The van der Waals surface area contributed by atoms with E-state index in [2.05, 4.69) is 10.5 Å². The minimum absolute atomic E-state index is 0.195. The molecule has 3 heteroatoms. The number of nitrogens with one attached hydrogen (secondary N) is 1. The predicted octanol–water partition coefficient (Wildman–Crippen LogP) is 0.255. The maximum absolute atomic E-state index is 10.4. The minimum atomic E-state index is 0.195. The van der Waals surface area contributed by atoms with Gasteiger partial charge in [0.15, 0.2) is 0 Å². The number of hydrogen-bond donors (Lipinski definition) is 1. The van der Waals surface area contributed by atoms with Crippen LogP contribution in [0.1, 0.15) is 0 Å². The van der Waals surface area contributed by atoms with Gasteiger partial charge in [-0.15, -0.1) is 0 Å². The number of hydrazone groups is 1. The Morgan fingerprint density at radius 3 is 3.36 bits per heavy atom. The van der Waals surface area contributed by atoms with E-state index in [4.69, 9.17) is 0 Å². The van der Waals surface area contributed by atoms with Crippen LogP contribution in [0.4, 0.5) is 0 Å². The first kappa shape index (κ1) is 6.34. The molecule has 0 aromatic heterocycles. The molecule has 3 nitrogen and oxygen atoms in total. The van der Waals surface area contributed by atoms with Gasteiger partial charge >= 0.3 is 0 Å². The number of aldehydes is 1. The molecule has 11 heavy (non-hydrogen) atoms. The van der Waals surface area contributed by atoms with Gasteiger partial charge in [-0.05, 0) is 6.08 Å². The normalized spacial score (nSPS) is 32.5. The standard InChI is InChI=1S/C8H8N2O/c11-5-6-1-2-7-4-9-10-8(7)3-6/h1-5,7-8,10H. The third-order valence-corrected chi connectivity index (χ3v) is 1.90. The lowest BCUT2D eigenvalue weighted by molar-refractivity contribution is -0.104. The highest BCUT2D eigenvalue weighted by molar-refractivity contribution is 5.80. The number of nitrogens with zero attached hydrogens (tertiary/aromatic N) is 1. The monoisotopic (exact) mass is 148 g/mol. The fraction of sp³-hybridized carbons (Fsp3) is 0.250. The summed E-state index contributed by atoms with van der Waals surface area (Å²) < 4.78 is 0. The van der Waals surface area contributed by atoms with Gasteiger partial charge in [0.1, 0.15) is 6.29 Å². The molecule has 0 aromatic rings. The molecule has 0 amide bonds. The predicted molar refractivity (Wildman–Crippen MR) is 42.2 cm³/mol. The first-order valence-corrected chi connectivity index (χ1v) is 3.54. The smallest absolute Gasteiger partial charge is 0.149 e. The van der Waals surface area contributed by atoms with Crippen LogP contribution in [0.15, 0.2) is 28.9 Å². The highest BCUT2D eigenvalue weighted by Gasteiger charge is 2.22. The van der Waals surface area contributed by atoms with E-state index in [9.17, 15) is 4.79 Å². The average Bonchev–Trinajstić information content (AvgIpc) is 2.50. The third-order valence-electron chi connectivity index (χ3n) is 1.90. The number of hydrogen-bond acceptors (Lipinski definition) is 3. The molecular formula is C8H8N2O. The van der Waals surface area contributed by atoms with E-state index in [1.54, 1.807) is 0 Å². The van der Waals surface area contributed by atoms with E-state index in [-0.39, 0.29) is 6.04 Å². The fourth-order valence-electron chi connectivity index (χ4n) is 1.28. The van der Waals surface area contributed by atoms with E-state index in [0.29, 0.717) is 5.92 Å². The lowest BCUT2D eigenvalue weighted by atomic mass is 9.94. The van der Waals surface area contributed by atoms with E-state index in [1.165, 1.54) is 0 Å². The van der Waals surface area contributed by atoms with Crippen molar-refractivity contribution in [2.75, 3.05) is 0 Å². The highest BCUT2D eigenvalue weighted by atomic mass is 16.1. The molecule has 1 heterocycles. The molecule has 2 aliphatic rings. The van der Waals surface area contributed by atoms with Crippen LogP contribution in [-0.4, -0.2) is 18.5 Å². The summed E-state index contributed by atoms with van der Waals surface area (Å²) in [5, 5.41) is 3.91. The number of allylic oxidation sites excluding steroid dienone is 2. The van der Waals surface area contributed by atoms with Crippen LogP contribution in [0, 0.1) is 5.92 Å². The van der Waals surface area contributed by atoms with Crippen LogP contribution in [0.5, 0.6) is 0 Å².